The van der Waals surface area contributed by atoms with Crippen LogP contribution in [0.5, 0.6) is 0 Å². The van der Waals surface area contributed by atoms with Gasteiger partial charge in [0.25, 0.3) is 0 Å². The van der Waals surface area contributed by atoms with Crippen molar-refractivity contribution in [1.82, 2.24) is 4.98 Å². The molecule has 20 heavy (non-hydrogen) atoms. The summed E-state index contributed by atoms with van der Waals surface area (Å²) in [5, 5.41) is 0. The molecule has 0 amide bonds. The van der Waals surface area contributed by atoms with Crippen LogP contribution in [-0.4, -0.2) is 36.4 Å². The summed E-state index contributed by atoms with van der Waals surface area (Å²) in [4.78, 5) is 15.8. The van der Waals surface area contributed by atoms with Gasteiger partial charge in [-0.2, -0.15) is 0 Å². The Morgan fingerprint density at radius 1 is 1.25 bits per heavy atom. The molecule has 108 valence electrons. The molecule has 0 saturated carbocycles. The third-order valence-electron chi connectivity index (χ3n) is 4.05. The molecule has 0 unspecified atom stereocenters. The van der Waals surface area contributed by atoms with Gasteiger partial charge in [0.2, 0.25) is 0 Å². The topological polar surface area (TPSA) is 57.7 Å². The van der Waals surface area contributed by atoms with Crippen LogP contribution < -0.4 is 5.46 Å². The monoisotopic (exact) mass is 277 g/mol. The molecule has 6 heteroatoms. The van der Waals surface area contributed by atoms with Gasteiger partial charge in [0.15, 0.2) is 0 Å². The van der Waals surface area contributed by atoms with E-state index in [1.165, 1.54) is 13.3 Å². The van der Waals surface area contributed by atoms with Crippen molar-refractivity contribution >= 4 is 18.6 Å². The van der Waals surface area contributed by atoms with Crippen LogP contribution in [0.3, 0.4) is 0 Å². The molecule has 0 spiro atoms. The molecule has 0 radical (unpaired) electrons. The highest BCUT2D eigenvalue weighted by atomic mass is 16.7. The first kappa shape index (κ1) is 15.0. The molecular weight excluding hydrogens is 257 g/mol. The van der Waals surface area contributed by atoms with Crippen LogP contribution >= 0.6 is 0 Å². The zero-order chi connectivity index (χ0) is 15.1. The molecule has 2 rings (SSSR count). The van der Waals surface area contributed by atoms with E-state index in [1.54, 1.807) is 6.07 Å². The van der Waals surface area contributed by atoms with Crippen molar-refractivity contribution in [2.45, 2.75) is 45.8 Å². The zero-order valence-electron chi connectivity index (χ0n) is 12.8. The van der Waals surface area contributed by atoms with Crippen LogP contribution in [0.2, 0.25) is 0 Å². The second kappa shape index (κ2) is 4.86. The van der Waals surface area contributed by atoms with Crippen LogP contribution in [-0.2, 0) is 14.0 Å². The Bertz CT molecular complexity index is 526. The first-order valence-electron chi connectivity index (χ1n) is 6.58. The average Bonchev–Trinajstić information content (AvgIpc) is 2.58. The smallest absolute Gasteiger partial charge is 0.465 e. The fraction of sp³-hybridized carbons (Fsp3) is 0.571. The van der Waals surface area contributed by atoms with Gasteiger partial charge in [0, 0.05) is 17.4 Å². The molecule has 0 bridgehead atoms. The molecule has 0 aromatic carbocycles. The van der Waals surface area contributed by atoms with E-state index < -0.39 is 24.3 Å². The van der Waals surface area contributed by atoms with Crippen molar-refractivity contribution in [3.63, 3.8) is 0 Å². The molecule has 1 aliphatic rings. The molecule has 0 aliphatic carbocycles. The van der Waals surface area contributed by atoms with Crippen molar-refractivity contribution in [3.05, 3.63) is 23.5 Å². The number of ether oxygens (including phenoxy) is 1. The number of esters is 1. The fourth-order valence-electron chi connectivity index (χ4n) is 1.99. The molecule has 0 N–H and O–H groups in total. The SMILES string of the molecule is COC(=O)c1cnc(C)c(B2OC(C)(C)C(C)(C)O2)c1. The quantitative estimate of drug-likeness (QED) is 0.605. The highest BCUT2D eigenvalue weighted by Crippen LogP contribution is 2.36. The van der Waals surface area contributed by atoms with E-state index in [0.29, 0.717) is 5.56 Å². The number of carbonyl (C=O) groups excluding carboxylic acids is 1. The lowest BCUT2D eigenvalue weighted by Crippen LogP contribution is -2.41. The Hall–Kier alpha value is -1.40. The molecule has 1 saturated heterocycles. The van der Waals surface area contributed by atoms with Crippen LogP contribution in [0.25, 0.3) is 0 Å². The molecule has 0 atom stereocenters. The van der Waals surface area contributed by atoms with Crippen LogP contribution in [0, 0.1) is 6.92 Å². The van der Waals surface area contributed by atoms with Crippen molar-refractivity contribution in [3.8, 4) is 0 Å². The summed E-state index contributed by atoms with van der Waals surface area (Å²) in [5.41, 5.74) is 1.07. The fourth-order valence-corrected chi connectivity index (χ4v) is 1.99. The van der Waals surface area contributed by atoms with E-state index >= 15 is 0 Å². The molecule has 2 heterocycles. The van der Waals surface area contributed by atoms with Crippen LogP contribution in [0.1, 0.15) is 43.7 Å². The number of carbonyl (C=O) groups is 1. The maximum Gasteiger partial charge on any atom is 0.496 e. The van der Waals surface area contributed by atoms with Gasteiger partial charge in [-0.1, -0.05) is 0 Å². The number of hydrogen-bond donors (Lipinski definition) is 0. The summed E-state index contributed by atoms with van der Waals surface area (Å²) in [7, 11) is 0.813. The largest absolute Gasteiger partial charge is 0.496 e. The minimum Gasteiger partial charge on any atom is -0.465 e. The van der Waals surface area contributed by atoms with Crippen molar-refractivity contribution in [1.29, 1.82) is 0 Å². The predicted octanol–water partition coefficient (Wildman–Crippen LogP) is 1.48. The van der Waals surface area contributed by atoms with Crippen LogP contribution in [0.4, 0.5) is 0 Å². The summed E-state index contributed by atoms with van der Waals surface area (Å²) in [5.74, 6) is -0.421. The summed E-state index contributed by atoms with van der Waals surface area (Å²) < 4.78 is 16.7. The Kier molecular flexibility index (Phi) is 3.65. The third kappa shape index (κ3) is 2.45. The minimum atomic E-state index is -0.530. The number of rotatable bonds is 2. The van der Waals surface area contributed by atoms with Gasteiger partial charge in [0.05, 0.1) is 23.9 Å². The second-order valence-corrected chi connectivity index (χ2v) is 5.98. The normalized spacial score (nSPS) is 20.0. The van der Waals surface area contributed by atoms with E-state index in [0.717, 1.165) is 11.2 Å². The third-order valence-corrected chi connectivity index (χ3v) is 4.05. The number of nitrogens with zero attached hydrogens (tertiary/aromatic N) is 1. The number of aryl methyl sites for hydroxylation is 1. The Balaban J connectivity index is 2.37. The van der Waals surface area contributed by atoms with Crippen LogP contribution in [0.15, 0.2) is 12.3 Å². The Labute approximate surface area is 119 Å². The predicted molar refractivity (Wildman–Crippen MR) is 76.0 cm³/mol. The van der Waals surface area contributed by atoms with Crippen molar-refractivity contribution < 1.29 is 18.8 Å². The van der Waals surface area contributed by atoms with Gasteiger partial charge in [0.1, 0.15) is 0 Å². The molecule has 1 aliphatic heterocycles. The number of pyridine rings is 1. The Morgan fingerprint density at radius 2 is 1.80 bits per heavy atom. The lowest BCUT2D eigenvalue weighted by molar-refractivity contribution is 0.00578. The minimum absolute atomic E-state index is 0.391. The van der Waals surface area contributed by atoms with Crippen molar-refractivity contribution in [2.75, 3.05) is 7.11 Å². The van der Waals surface area contributed by atoms with Gasteiger partial charge in [-0.25, -0.2) is 4.79 Å². The lowest BCUT2D eigenvalue weighted by atomic mass is 9.77. The van der Waals surface area contributed by atoms with Crippen molar-refractivity contribution in [2.24, 2.45) is 0 Å². The maximum absolute atomic E-state index is 11.6. The Morgan fingerprint density at radius 3 is 2.30 bits per heavy atom. The van der Waals surface area contributed by atoms with Gasteiger partial charge in [-0.15, -0.1) is 0 Å². The summed E-state index contributed by atoms with van der Waals surface area (Å²) in [6.07, 6.45) is 1.50. The molecule has 1 aromatic rings. The lowest BCUT2D eigenvalue weighted by Gasteiger charge is -2.32. The first-order chi connectivity index (χ1) is 9.18. The van der Waals surface area contributed by atoms with E-state index in [-0.39, 0.29) is 0 Å². The summed E-state index contributed by atoms with van der Waals surface area (Å²) in [6, 6.07) is 1.72. The summed E-state index contributed by atoms with van der Waals surface area (Å²) in [6.45, 7) is 9.81. The number of methoxy groups -OCH3 is 1. The highest BCUT2D eigenvalue weighted by molar-refractivity contribution is 6.62. The molecule has 1 aromatic heterocycles. The van der Waals surface area contributed by atoms with E-state index in [1.807, 2.05) is 34.6 Å². The standard InChI is InChI=1S/C14H20BNO4/c1-9-11(7-10(8-16-9)12(17)18-6)15-19-13(2,3)14(4,5)20-15/h7-8H,1-6H3. The van der Waals surface area contributed by atoms with Gasteiger partial charge in [-0.05, 0) is 40.7 Å². The summed E-state index contributed by atoms with van der Waals surface area (Å²) >= 11 is 0. The number of aromatic nitrogens is 1. The van der Waals surface area contributed by atoms with Gasteiger partial charge < -0.3 is 14.0 Å². The van der Waals surface area contributed by atoms with E-state index in [9.17, 15) is 4.79 Å². The second-order valence-electron chi connectivity index (χ2n) is 5.98. The molecule has 5 nitrogen and oxygen atoms in total. The zero-order valence-corrected chi connectivity index (χ0v) is 12.8. The number of hydrogen-bond acceptors (Lipinski definition) is 5. The average molecular weight is 277 g/mol. The molecular formula is C14H20BNO4. The maximum atomic E-state index is 11.6. The van der Waals surface area contributed by atoms with E-state index in [2.05, 4.69) is 4.98 Å². The first-order valence-corrected chi connectivity index (χ1v) is 6.58. The van der Waals surface area contributed by atoms with Gasteiger partial charge in [-0.3, -0.25) is 4.98 Å². The van der Waals surface area contributed by atoms with E-state index in [4.69, 9.17) is 14.0 Å². The van der Waals surface area contributed by atoms with Gasteiger partial charge >= 0.3 is 13.1 Å². The molecule has 1 fully saturated rings. The highest BCUT2D eigenvalue weighted by Gasteiger charge is 2.52.